The predicted molar refractivity (Wildman–Crippen MR) is 117 cm³/mol. The molecule has 8 heteroatoms. The van der Waals surface area contributed by atoms with E-state index in [1.807, 2.05) is 29.2 Å². The van der Waals surface area contributed by atoms with Crippen molar-refractivity contribution in [3.63, 3.8) is 0 Å². The third kappa shape index (κ3) is 5.60. The maximum atomic E-state index is 12.9. The predicted octanol–water partition coefficient (Wildman–Crippen LogP) is 3.01. The second-order valence-electron chi connectivity index (χ2n) is 8.01. The first-order valence-corrected chi connectivity index (χ1v) is 11.2. The average Bonchev–Trinajstić information content (AvgIpc) is 3.35. The molecule has 2 amide bonds. The summed E-state index contributed by atoms with van der Waals surface area (Å²) in [6.07, 6.45) is 2.92. The zero-order chi connectivity index (χ0) is 21.6. The van der Waals surface area contributed by atoms with E-state index in [0.29, 0.717) is 43.3 Å². The van der Waals surface area contributed by atoms with Gasteiger partial charge in [0.15, 0.2) is 5.76 Å². The van der Waals surface area contributed by atoms with Gasteiger partial charge in [0.05, 0.1) is 6.26 Å². The Balaban J connectivity index is 1.16. The third-order valence-electron chi connectivity index (χ3n) is 6.04. The van der Waals surface area contributed by atoms with Crippen molar-refractivity contribution >= 4 is 23.4 Å². The minimum absolute atomic E-state index is 0.000407. The largest absolute Gasteiger partial charge is 0.492 e. The minimum atomic E-state index is -0.0923. The second-order valence-corrected chi connectivity index (χ2v) is 8.45. The van der Waals surface area contributed by atoms with E-state index in [1.54, 1.807) is 17.0 Å². The molecule has 0 saturated carbocycles. The number of benzene rings is 1. The quantitative estimate of drug-likeness (QED) is 0.683. The SMILES string of the molecule is O=C(c1ccco1)N1CCC(C(=O)N2CCN(CCOc3ccc(Cl)cc3)CC2)CC1. The van der Waals surface area contributed by atoms with E-state index in [1.165, 1.54) is 6.26 Å². The van der Waals surface area contributed by atoms with Crippen molar-refractivity contribution in [1.29, 1.82) is 0 Å². The van der Waals surface area contributed by atoms with E-state index in [-0.39, 0.29) is 17.7 Å². The zero-order valence-corrected chi connectivity index (χ0v) is 18.3. The number of furan rings is 1. The molecule has 0 spiro atoms. The van der Waals surface area contributed by atoms with Crippen LogP contribution >= 0.6 is 11.6 Å². The molecule has 0 bridgehead atoms. The van der Waals surface area contributed by atoms with Crippen LogP contribution in [0.5, 0.6) is 5.75 Å². The fourth-order valence-electron chi connectivity index (χ4n) is 4.16. The van der Waals surface area contributed by atoms with Crippen molar-refractivity contribution < 1.29 is 18.7 Å². The van der Waals surface area contributed by atoms with E-state index in [4.69, 9.17) is 20.8 Å². The lowest BCUT2D eigenvalue weighted by Crippen LogP contribution is -2.52. The van der Waals surface area contributed by atoms with E-state index in [9.17, 15) is 9.59 Å². The van der Waals surface area contributed by atoms with Gasteiger partial charge in [-0.2, -0.15) is 0 Å². The molecule has 2 saturated heterocycles. The topological polar surface area (TPSA) is 66.2 Å². The summed E-state index contributed by atoms with van der Waals surface area (Å²) in [5.74, 6) is 1.31. The van der Waals surface area contributed by atoms with Crippen LogP contribution in [0.3, 0.4) is 0 Å². The molecule has 0 N–H and O–H groups in total. The molecule has 31 heavy (non-hydrogen) atoms. The Morgan fingerprint density at radius 2 is 1.68 bits per heavy atom. The monoisotopic (exact) mass is 445 g/mol. The van der Waals surface area contributed by atoms with E-state index in [2.05, 4.69) is 4.90 Å². The number of likely N-dealkylation sites (tertiary alicyclic amines) is 1. The first-order valence-electron chi connectivity index (χ1n) is 10.8. The lowest BCUT2D eigenvalue weighted by Gasteiger charge is -2.38. The molecule has 2 aromatic rings. The minimum Gasteiger partial charge on any atom is -0.492 e. The molecule has 0 aliphatic carbocycles. The summed E-state index contributed by atoms with van der Waals surface area (Å²) < 4.78 is 11.0. The molecule has 0 atom stereocenters. The Labute approximate surface area is 187 Å². The molecule has 0 unspecified atom stereocenters. The number of carbonyl (C=O) groups is 2. The zero-order valence-electron chi connectivity index (χ0n) is 17.5. The number of carbonyl (C=O) groups excluding carboxylic acids is 2. The van der Waals surface area contributed by atoms with E-state index < -0.39 is 0 Å². The van der Waals surface area contributed by atoms with Gasteiger partial charge in [-0.3, -0.25) is 14.5 Å². The fraction of sp³-hybridized carbons (Fsp3) is 0.478. The van der Waals surface area contributed by atoms with Crippen LogP contribution in [0.2, 0.25) is 5.02 Å². The second kappa shape index (κ2) is 10.2. The molecule has 2 aliphatic heterocycles. The molecule has 4 rings (SSSR count). The molecule has 0 radical (unpaired) electrons. The smallest absolute Gasteiger partial charge is 0.289 e. The van der Waals surface area contributed by atoms with Crippen LogP contribution in [-0.4, -0.2) is 78.9 Å². The summed E-state index contributed by atoms with van der Waals surface area (Å²) in [6.45, 7) is 5.82. The average molecular weight is 446 g/mol. The third-order valence-corrected chi connectivity index (χ3v) is 6.29. The maximum absolute atomic E-state index is 12.9. The van der Waals surface area contributed by atoms with Gasteiger partial charge in [-0.25, -0.2) is 0 Å². The molecule has 3 heterocycles. The highest BCUT2D eigenvalue weighted by Crippen LogP contribution is 2.22. The van der Waals surface area contributed by atoms with Gasteiger partial charge in [0.1, 0.15) is 12.4 Å². The summed E-state index contributed by atoms with van der Waals surface area (Å²) in [4.78, 5) is 31.4. The van der Waals surface area contributed by atoms with Crippen LogP contribution in [0, 0.1) is 5.92 Å². The van der Waals surface area contributed by atoms with E-state index in [0.717, 1.165) is 38.5 Å². The van der Waals surface area contributed by atoms with Crippen molar-refractivity contribution in [1.82, 2.24) is 14.7 Å². The van der Waals surface area contributed by atoms with Crippen LogP contribution in [-0.2, 0) is 4.79 Å². The maximum Gasteiger partial charge on any atom is 0.289 e. The fourth-order valence-corrected chi connectivity index (χ4v) is 4.29. The Kier molecular flexibility index (Phi) is 7.14. The molecule has 1 aromatic carbocycles. The molecular formula is C23H28ClN3O4. The van der Waals surface area contributed by atoms with Gasteiger partial charge in [-0.15, -0.1) is 0 Å². The highest BCUT2D eigenvalue weighted by Gasteiger charge is 2.32. The molecule has 2 fully saturated rings. The highest BCUT2D eigenvalue weighted by atomic mass is 35.5. The van der Waals surface area contributed by atoms with Gasteiger partial charge in [-0.05, 0) is 49.2 Å². The summed E-state index contributed by atoms with van der Waals surface area (Å²) >= 11 is 5.89. The molecule has 166 valence electrons. The van der Waals surface area contributed by atoms with Gasteiger partial charge in [-0.1, -0.05) is 11.6 Å². The number of nitrogens with zero attached hydrogens (tertiary/aromatic N) is 3. The van der Waals surface area contributed by atoms with Crippen LogP contribution in [0.15, 0.2) is 47.1 Å². The number of piperidine rings is 1. The number of hydrogen-bond acceptors (Lipinski definition) is 5. The molecule has 7 nitrogen and oxygen atoms in total. The summed E-state index contributed by atoms with van der Waals surface area (Å²) in [5, 5.41) is 0.697. The lowest BCUT2D eigenvalue weighted by molar-refractivity contribution is -0.138. The Morgan fingerprint density at radius 1 is 0.968 bits per heavy atom. The van der Waals surface area contributed by atoms with Gasteiger partial charge in [0.25, 0.3) is 5.91 Å². The summed E-state index contributed by atoms with van der Waals surface area (Å²) in [6, 6.07) is 10.8. The number of halogens is 1. The van der Waals surface area contributed by atoms with Gasteiger partial charge >= 0.3 is 0 Å². The van der Waals surface area contributed by atoms with Crippen LogP contribution in [0.4, 0.5) is 0 Å². The van der Waals surface area contributed by atoms with Crippen molar-refractivity contribution in [3.8, 4) is 5.75 Å². The number of rotatable bonds is 6. The number of amides is 2. The van der Waals surface area contributed by atoms with Crippen LogP contribution in [0.1, 0.15) is 23.4 Å². The normalized spacial score (nSPS) is 18.2. The number of piperazine rings is 1. The molecule has 2 aliphatic rings. The van der Waals surface area contributed by atoms with Crippen molar-refractivity contribution in [2.75, 3.05) is 52.4 Å². The standard InChI is InChI=1S/C23H28ClN3O4/c24-19-3-5-20(6-4-19)30-17-15-25-11-13-27(14-12-25)22(28)18-7-9-26(10-8-18)23(29)21-2-1-16-31-21/h1-6,16,18H,7-15,17H2. The summed E-state index contributed by atoms with van der Waals surface area (Å²) in [5.41, 5.74) is 0. The van der Waals surface area contributed by atoms with Crippen molar-refractivity contribution in [2.24, 2.45) is 5.92 Å². The summed E-state index contributed by atoms with van der Waals surface area (Å²) in [7, 11) is 0. The van der Waals surface area contributed by atoms with Crippen LogP contribution < -0.4 is 4.74 Å². The first kappa shape index (κ1) is 21.7. The van der Waals surface area contributed by atoms with Gasteiger partial charge in [0, 0.05) is 56.8 Å². The van der Waals surface area contributed by atoms with Crippen LogP contribution in [0.25, 0.3) is 0 Å². The Morgan fingerprint density at radius 3 is 2.32 bits per heavy atom. The van der Waals surface area contributed by atoms with Crippen molar-refractivity contribution in [2.45, 2.75) is 12.8 Å². The van der Waals surface area contributed by atoms with Crippen molar-refractivity contribution in [3.05, 3.63) is 53.4 Å². The molecule has 1 aromatic heterocycles. The number of ether oxygens (including phenoxy) is 1. The van der Waals surface area contributed by atoms with Gasteiger partial charge in [0.2, 0.25) is 5.91 Å². The van der Waals surface area contributed by atoms with E-state index >= 15 is 0 Å². The number of hydrogen-bond donors (Lipinski definition) is 0. The lowest BCUT2D eigenvalue weighted by atomic mass is 9.94. The van der Waals surface area contributed by atoms with Gasteiger partial charge < -0.3 is 19.0 Å². The Bertz CT molecular complexity index is 855. The Hall–Kier alpha value is -2.51. The first-order chi connectivity index (χ1) is 15.1. The molecular weight excluding hydrogens is 418 g/mol. The highest BCUT2D eigenvalue weighted by molar-refractivity contribution is 6.30.